The van der Waals surface area contributed by atoms with E-state index in [1.54, 1.807) is 13.8 Å². The van der Waals surface area contributed by atoms with E-state index in [1.165, 1.54) is 0 Å². The number of rotatable bonds is 36. The van der Waals surface area contributed by atoms with Gasteiger partial charge in [-0.15, -0.1) is 0 Å². The molecular weight excluding hydrogens is 774 g/mol. The fourth-order valence-corrected chi connectivity index (χ4v) is 6.61. The first-order valence-corrected chi connectivity index (χ1v) is 21.8. The van der Waals surface area contributed by atoms with Crippen molar-refractivity contribution in [3.05, 3.63) is 0 Å². The number of carbonyl (C=O) groups excluding carboxylic acids is 1. The van der Waals surface area contributed by atoms with E-state index in [2.05, 4.69) is 37.2 Å². The first kappa shape index (κ1) is 53.4. The van der Waals surface area contributed by atoms with E-state index in [-0.39, 0.29) is 32.1 Å². The maximum Gasteiger partial charge on any atom is 0.303 e. The molecule has 2 rings (SSSR count). The largest absolute Gasteiger partial charge is 0.481 e. The van der Waals surface area contributed by atoms with Crippen LogP contribution in [0.3, 0.4) is 0 Å². The lowest BCUT2D eigenvalue weighted by Gasteiger charge is -2.38. The minimum atomic E-state index is -1.42. The topological polar surface area (TPSA) is 297 Å². The molecule has 2 heterocycles. The van der Waals surface area contributed by atoms with Gasteiger partial charge in [0, 0.05) is 45.7 Å². The molecule has 14 N–H and O–H groups in total. The number of hydrogen-bond acceptors (Lipinski definition) is 18. The number of aliphatic hydroxyl groups excluding tert-OH is 6. The summed E-state index contributed by atoms with van der Waals surface area (Å²) in [6, 6.07) is -0.456. The second kappa shape index (κ2) is 32.9. The third kappa shape index (κ3) is 23.4. The molecule has 348 valence electrons. The molecule has 0 saturated carbocycles. The number of carbonyl (C=O) groups is 2. The minimum absolute atomic E-state index is 0.0319. The van der Waals surface area contributed by atoms with Crippen molar-refractivity contribution in [3.63, 3.8) is 0 Å². The third-order valence-corrected chi connectivity index (χ3v) is 10.4. The average molecular weight is 854 g/mol. The smallest absolute Gasteiger partial charge is 0.303 e. The number of hydrogen-bond donors (Lipinski definition) is 14. The number of aliphatic carboxylic acids is 1. The molecule has 20 heteroatoms. The minimum Gasteiger partial charge on any atom is -0.481 e. The normalized spacial score (nSPS) is 27.8. The van der Waals surface area contributed by atoms with Crippen LogP contribution in [0.15, 0.2) is 0 Å². The standard InChI is InChI=1S/C39H79N7O13/c1-27-31(49)33(51)35(53)38(58-27)56-25-23-43-17-10-11-29(37(55)46-24-26-57-39-36(54)34(52)32(50)28(2)59-39)45-18-9-8-15-40-14-6-7-16-42-20-22-44-21-19-41-13-5-3-4-12-30(47)48/h27-29,31-36,38-45,49-54H,3-26H2,1-2H3,(H,46,55)(H,47,48)/t27-,28-,29?,31+,32+,33+,34+,35-,36-,38+,39+/m0/s1. The van der Waals surface area contributed by atoms with Gasteiger partial charge in [0.2, 0.25) is 5.91 Å². The molecule has 11 atom stereocenters. The van der Waals surface area contributed by atoms with Gasteiger partial charge in [-0.1, -0.05) is 6.42 Å². The number of nitrogens with one attached hydrogen (secondary N) is 7. The van der Waals surface area contributed by atoms with E-state index in [0.717, 1.165) is 97.3 Å². The molecule has 2 aliphatic rings. The summed E-state index contributed by atoms with van der Waals surface area (Å²) in [6.07, 6.45) is -3.36. The lowest BCUT2D eigenvalue weighted by Crippen LogP contribution is -2.57. The third-order valence-electron chi connectivity index (χ3n) is 10.4. The Labute approximate surface area is 350 Å². The van der Waals surface area contributed by atoms with Gasteiger partial charge in [-0.3, -0.25) is 9.59 Å². The fraction of sp³-hybridized carbons (Fsp3) is 0.949. The second-order valence-electron chi connectivity index (χ2n) is 15.4. The van der Waals surface area contributed by atoms with Crippen molar-refractivity contribution in [1.82, 2.24) is 37.2 Å². The lowest BCUT2D eigenvalue weighted by molar-refractivity contribution is -0.292. The summed E-state index contributed by atoms with van der Waals surface area (Å²) in [4.78, 5) is 23.7. The molecule has 0 radical (unpaired) electrons. The Kier molecular flexibility index (Phi) is 29.8. The Bertz CT molecular complexity index is 1080. The van der Waals surface area contributed by atoms with Gasteiger partial charge in [0.15, 0.2) is 12.6 Å². The summed E-state index contributed by atoms with van der Waals surface area (Å²) < 4.78 is 22.0. The van der Waals surface area contributed by atoms with Crippen molar-refractivity contribution < 1.29 is 64.3 Å². The van der Waals surface area contributed by atoms with Crippen molar-refractivity contribution in [2.75, 3.05) is 91.8 Å². The number of carboxylic acids is 1. The van der Waals surface area contributed by atoms with Gasteiger partial charge in [-0.25, -0.2) is 0 Å². The molecule has 0 aromatic rings. The molecule has 59 heavy (non-hydrogen) atoms. The van der Waals surface area contributed by atoms with Crippen LogP contribution < -0.4 is 37.2 Å². The van der Waals surface area contributed by atoms with Crippen LogP contribution in [0.1, 0.15) is 78.1 Å². The summed E-state index contributed by atoms with van der Waals surface area (Å²) in [6.45, 7) is 12.6. The Morgan fingerprint density at radius 1 is 0.508 bits per heavy atom. The molecule has 0 aromatic heterocycles. The van der Waals surface area contributed by atoms with Crippen LogP contribution in [0.25, 0.3) is 0 Å². The highest BCUT2D eigenvalue weighted by atomic mass is 16.7. The van der Waals surface area contributed by atoms with Crippen molar-refractivity contribution in [2.45, 2.75) is 146 Å². The summed E-state index contributed by atoms with van der Waals surface area (Å²) in [5, 5.41) is 91.9. The Morgan fingerprint density at radius 3 is 1.46 bits per heavy atom. The molecule has 2 saturated heterocycles. The molecule has 1 amide bonds. The van der Waals surface area contributed by atoms with E-state index in [0.29, 0.717) is 32.5 Å². The quantitative estimate of drug-likeness (QED) is 0.0275. The van der Waals surface area contributed by atoms with Gasteiger partial charge in [0.25, 0.3) is 0 Å². The van der Waals surface area contributed by atoms with Gasteiger partial charge < -0.3 is 91.9 Å². The average Bonchev–Trinajstić information content (AvgIpc) is 3.21. The predicted molar refractivity (Wildman–Crippen MR) is 220 cm³/mol. The van der Waals surface area contributed by atoms with E-state index in [1.807, 2.05) is 0 Å². The van der Waals surface area contributed by atoms with Gasteiger partial charge in [-0.05, 0) is 104 Å². The molecule has 1 unspecified atom stereocenters. The van der Waals surface area contributed by atoms with Crippen molar-refractivity contribution in [3.8, 4) is 0 Å². The number of aliphatic hydroxyl groups is 6. The van der Waals surface area contributed by atoms with E-state index < -0.39 is 73.4 Å². The number of carboxylic acid groups (broad SMARTS) is 1. The summed E-state index contributed by atoms with van der Waals surface area (Å²) in [7, 11) is 0. The van der Waals surface area contributed by atoms with Crippen molar-refractivity contribution in [1.29, 1.82) is 0 Å². The maximum absolute atomic E-state index is 13.2. The highest BCUT2D eigenvalue weighted by Crippen LogP contribution is 2.22. The first-order valence-electron chi connectivity index (χ1n) is 21.8. The second-order valence-corrected chi connectivity index (χ2v) is 15.4. The van der Waals surface area contributed by atoms with Crippen molar-refractivity contribution in [2.24, 2.45) is 0 Å². The molecule has 2 fully saturated rings. The molecular formula is C39H79N7O13. The molecule has 0 aliphatic carbocycles. The van der Waals surface area contributed by atoms with Crippen LogP contribution >= 0.6 is 0 Å². The number of amides is 1. The lowest BCUT2D eigenvalue weighted by atomic mass is 10.0. The molecule has 20 nitrogen and oxygen atoms in total. The Balaban J connectivity index is 1.55. The van der Waals surface area contributed by atoms with E-state index >= 15 is 0 Å². The number of unbranched alkanes of at least 4 members (excludes halogenated alkanes) is 4. The SMILES string of the molecule is C[C@@H]1O[C@@H](OCCNCCCC(NCCCCNCCCCNCCNCCNCCCCCC(=O)O)C(=O)NCCO[C@@H]2O[C@@H](C)[C@@H](O)[C@@H](O)[C@@H]2O)[C@@H](O)[C@H](O)[C@@H]1O. The summed E-state index contributed by atoms with van der Waals surface area (Å²) in [5.74, 6) is -0.919. The Hall–Kier alpha value is -1.70. The fourth-order valence-electron chi connectivity index (χ4n) is 6.61. The van der Waals surface area contributed by atoms with E-state index in [9.17, 15) is 40.2 Å². The predicted octanol–water partition coefficient (Wildman–Crippen LogP) is -3.32. The monoisotopic (exact) mass is 854 g/mol. The zero-order valence-corrected chi connectivity index (χ0v) is 35.4. The summed E-state index contributed by atoms with van der Waals surface area (Å²) >= 11 is 0. The number of ether oxygens (including phenoxy) is 4. The maximum atomic E-state index is 13.2. The first-order chi connectivity index (χ1) is 28.4. The van der Waals surface area contributed by atoms with Crippen molar-refractivity contribution >= 4 is 11.9 Å². The highest BCUT2D eigenvalue weighted by molar-refractivity contribution is 5.81. The van der Waals surface area contributed by atoms with E-state index in [4.69, 9.17) is 24.1 Å². The Morgan fingerprint density at radius 2 is 0.932 bits per heavy atom. The molecule has 0 bridgehead atoms. The zero-order chi connectivity index (χ0) is 43.3. The van der Waals surface area contributed by atoms with Gasteiger partial charge in [0.1, 0.15) is 36.6 Å². The van der Waals surface area contributed by atoms with Crippen LogP contribution in [0.5, 0.6) is 0 Å². The molecule has 0 aromatic carbocycles. The molecule has 0 spiro atoms. The van der Waals surface area contributed by atoms with Gasteiger partial charge in [-0.2, -0.15) is 0 Å². The van der Waals surface area contributed by atoms with Gasteiger partial charge in [0.05, 0.1) is 31.5 Å². The van der Waals surface area contributed by atoms with Crippen LogP contribution in [0, 0.1) is 0 Å². The molecule has 2 aliphatic heterocycles. The van der Waals surface area contributed by atoms with Crippen LogP contribution in [-0.2, 0) is 28.5 Å². The van der Waals surface area contributed by atoms with Gasteiger partial charge >= 0.3 is 5.97 Å². The highest BCUT2D eigenvalue weighted by Gasteiger charge is 2.43. The summed E-state index contributed by atoms with van der Waals surface area (Å²) in [5.41, 5.74) is 0. The van der Waals surface area contributed by atoms with Crippen LogP contribution in [-0.4, -0.2) is 207 Å². The zero-order valence-electron chi connectivity index (χ0n) is 35.4. The van der Waals surface area contributed by atoms with Crippen LogP contribution in [0.4, 0.5) is 0 Å². The van der Waals surface area contributed by atoms with Crippen LogP contribution in [0.2, 0.25) is 0 Å².